The van der Waals surface area contributed by atoms with Crippen molar-refractivity contribution in [1.82, 2.24) is 20.2 Å². The Morgan fingerprint density at radius 3 is 2.72 bits per heavy atom. The average molecular weight is 453 g/mol. The summed E-state index contributed by atoms with van der Waals surface area (Å²) in [5.74, 6) is 0.975. The molecule has 3 aromatic rings. The van der Waals surface area contributed by atoms with Crippen molar-refractivity contribution in [1.29, 1.82) is 0 Å². The van der Waals surface area contributed by atoms with Crippen LogP contribution in [0.15, 0.2) is 48.9 Å². The van der Waals surface area contributed by atoms with Crippen molar-refractivity contribution in [3.8, 4) is 16.2 Å². The highest BCUT2D eigenvalue weighted by Gasteiger charge is 2.24. The molecule has 0 unspecified atom stereocenters. The first kappa shape index (κ1) is 21.7. The summed E-state index contributed by atoms with van der Waals surface area (Å²) < 4.78 is 5.23. The van der Waals surface area contributed by atoms with Gasteiger partial charge in [-0.05, 0) is 48.9 Å². The second kappa shape index (κ2) is 10.2. The molecule has 3 N–H and O–H groups in total. The SMILES string of the molecule is COc1ccc(-c2cc(C(=O)N3CCCNCC3)c(NC(=O)Nc3cnccn3)s2)cc1. The van der Waals surface area contributed by atoms with Gasteiger partial charge in [-0.2, -0.15) is 0 Å². The highest BCUT2D eigenvalue weighted by molar-refractivity contribution is 7.20. The molecule has 0 radical (unpaired) electrons. The molecule has 0 bridgehead atoms. The van der Waals surface area contributed by atoms with Crippen molar-refractivity contribution in [2.75, 3.05) is 43.9 Å². The van der Waals surface area contributed by atoms with Crippen LogP contribution in [0.1, 0.15) is 16.8 Å². The van der Waals surface area contributed by atoms with Gasteiger partial charge in [0.1, 0.15) is 10.8 Å². The van der Waals surface area contributed by atoms with E-state index in [1.165, 1.54) is 29.9 Å². The molecule has 0 aliphatic carbocycles. The van der Waals surface area contributed by atoms with E-state index < -0.39 is 6.03 Å². The van der Waals surface area contributed by atoms with E-state index in [1.54, 1.807) is 7.11 Å². The molecule has 1 aromatic carbocycles. The summed E-state index contributed by atoms with van der Waals surface area (Å²) in [6, 6.07) is 8.94. The van der Waals surface area contributed by atoms with Gasteiger partial charge in [-0.15, -0.1) is 11.3 Å². The number of hydrogen-bond acceptors (Lipinski definition) is 7. The standard InChI is InChI=1S/C22H24N6O3S/c1-31-16-5-3-15(4-6-16)18-13-17(21(29)28-11-2-7-23-10-12-28)20(32-18)27-22(30)26-19-14-24-8-9-25-19/h3-6,8-9,13-14,23H,2,7,10-12H2,1H3,(H2,25,26,27,30). The predicted molar refractivity (Wildman–Crippen MR) is 124 cm³/mol. The van der Waals surface area contributed by atoms with Gasteiger partial charge < -0.3 is 15.0 Å². The minimum Gasteiger partial charge on any atom is -0.497 e. The molecule has 0 saturated carbocycles. The third-order valence-corrected chi connectivity index (χ3v) is 6.10. The molecule has 1 aliphatic heterocycles. The number of methoxy groups -OCH3 is 1. The van der Waals surface area contributed by atoms with Crippen LogP contribution in [0.2, 0.25) is 0 Å². The van der Waals surface area contributed by atoms with Crippen LogP contribution in [0.5, 0.6) is 5.75 Å². The molecule has 3 amide bonds. The summed E-state index contributed by atoms with van der Waals surface area (Å²) in [4.78, 5) is 36.6. The number of nitrogens with zero attached hydrogens (tertiary/aromatic N) is 3. The third kappa shape index (κ3) is 5.21. The summed E-state index contributed by atoms with van der Waals surface area (Å²) in [6.45, 7) is 2.93. The van der Waals surface area contributed by atoms with Gasteiger partial charge in [0, 0.05) is 36.9 Å². The Morgan fingerprint density at radius 1 is 1.12 bits per heavy atom. The maximum atomic E-state index is 13.3. The number of aromatic nitrogens is 2. The first-order valence-corrected chi connectivity index (χ1v) is 11.1. The maximum absolute atomic E-state index is 13.3. The van der Waals surface area contributed by atoms with Crippen molar-refractivity contribution < 1.29 is 14.3 Å². The number of thiophene rings is 1. The number of rotatable bonds is 5. The van der Waals surface area contributed by atoms with Crippen LogP contribution in [0.4, 0.5) is 15.6 Å². The van der Waals surface area contributed by atoms with E-state index in [0.717, 1.165) is 35.7 Å². The molecule has 1 aliphatic rings. The summed E-state index contributed by atoms with van der Waals surface area (Å²) in [5.41, 5.74) is 1.40. The number of ether oxygens (including phenoxy) is 1. The summed E-state index contributed by atoms with van der Waals surface area (Å²) >= 11 is 1.35. The number of urea groups is 1. The van der Waals surface area contributed by atoms with Crippen LogP contribution in [0.25, 0.3) is 10.4 Å². The van der Waals surface area contributed by atoms with Gasteiger partial charge in [0.25, 0.3) is 5.91 Å². The smallest absolute Gasteiger partial charge is 0.325 e. The molecular weight excluding hydrogens is 428 g/mol. The van der Waals surface area contributed by atoms with Crippen LogP contribution in [-0.2, 0) is 0 Å². The fourth-order valence-electron chi connectivity index (χ4n) is 3.37. The van der Waals surface area contributed by atoms with E-state index in [4.69, 9.17) is 4.74 Å². The Kier molecular flexibility index (Phi) is 6.93. The van der Waals surface area contributed by atoms with Gasteiger partial charge in [0.05, 0.1) is 18.9 Å². The van der Waals surface area contributed by atoms with E-state index in [9.17, 15) is 9.59 Å². The molecule has 10 heteroatoms. The molecule has 1 fully saturated rings. The van der Waals surface area contributed by atoms with Crippen molar-refractivity contribution >= 4 is 34.1 Å². The zero-order valence-corrected chi connectivity index (χ0v) is 18.4. The molecule has 1 saturated heterocycles. The van der Waals surface area contributed by atoms with Crippen LogP contribution in [-0.4, -0.2) is 60.1 Å². The van der Waals surface area contributed by atoms with Gasteiger partial charge >= 0.3 is 6.03 Å². The maximum Gasteiger partial charge on any atom is 0.325 e. The van der Waals surface area contributed by atoms with E-state index in [1.807, 2.05) is 35.2 Å². The Balaban J connectivity index is 1.61. The minimum atomic E-state index is -0.486. The third-order valence-electron chi connectivity index (χ3n) is 5.00. The Hall–Kier alpha value is -3.50. The zero-order chi connectivity index (χ0) is 22.3. The minimum absolute atomic E-state index is 0.0977. The Morgan fingerprint density at radius 2 is 1.97 bits per heavy atom. The fourth-order valence-corrected chi connectivity index (χ4v) is 4.42. The Labute approximate surface area is 189 Å². The van der Waals surface area contributed by atoms with Crippen LogP contribution in [0.3, 0.4) is 0 Å². The van der Waals surface area contributed by atoms with Crippen LogP contribution in [0, 0.1) is 0 Å². The summed E-state index contributed by atoms with van der Waals surface area (Å²) in [6.07, 6.45) is 5.35. The zero-order valence-electron chi connectivity index (χ0n) is 17.6. The molecule has 166 valence electrons. The number of hydrogen-bond donors (Lipinski definition) is 3. The average Bonchev–Trinajstić information content (AvgIpc) is 3.04. The number of anilines is 2. The summed E-state index contributed by atoms with van der Waals surface area (Å²) in [7, 11) is 1.62. The van der Waals surface area contributed by atoms with Gasteiger partial charge in [0.15, 0.2) is 5.82 Å². The lowest BCUT2D eigenvalue weighted by Gasteiger charge is -2.20. The van der Waals surface area contributed by atoms with Gasteiger partial charge in [0.2, 0.25) is 0 Å². The molecule has 0 atom stereocenters. The molecule has 3 heterocycles. The monoisotopic (exact) mass is 452 g/mol. The number of nitrogens with one attached hydrogen (secondary N) is 3. The predicted octanol–water partition coefficient (Wildman–Crippen LogP) is 3.29. The van der Waals surface area contributed by atoms with Crippen molar-refractivity contribution in [3.05, 3.63) is 54.5 Å². The van der Waals surface area contributed by atoms with E-state index in [0.29, 0.717) is 29.5 Å². The quantitative estimate of drug-likeness (QED) is 0.548. The molecule has 0 spiro atoms. The first-order valence-electron chi connectivity index (χ1n) is 10.3. The topological polar surface area (TPSA) is 108 Å². The Bertz CT molecular complexity index is 1060. The van der Waals surface area contributed by atoms with Crippen molar-refractivity contribution in [3.63, 3.8) is 0 Å². The number of benzene rings is 1. The van der Waals surface area contributed by atoms with Crippen LogP contribution >= 0.6 is 11.3 Å². The lowest BCUT2D eigenvalue weighted by molar-refractivity contribution is 0.0768. The highest BCUT2D eigenvalue weighted by atomic mass is 32.1. The van der Waals surface area contributed by atoms with Gasteiger partial charge in [-0.1, -0.05) is 0 Å². The van der Waals surface area contributed by atoms with E-state index in [-0.39, 0.29) is 5.91 Å². The largest absolute Gasteiger partial charge is 0.497 e. The van der Waals surface area contributed by atoms with Crippen molar-refractivity contribution in [2.24, 2.45) is 0 Å². The van der Waals surface area contributed by atoms with Gasteiger partial charge in [-0.3, -0.25) is 20.4 Å². The van der Waals surface area contributed by atoms with Gasteiger partial charge in [-0.25, -0.2) is 9.78 Å². The molecular formula is C22H24N6O3S. The normalized spacial score (nSPS) is 13.8. The molecule has 4 rings (SSSR count). The molecule has 2 aromatic heterocycles. The number of carbonyl (C=O) groups excluding carboxylic acids is 2. The van der Waals surface area contributed by atoms with E-state index >= 15 is 0 Å². The lowest BCUT2D eigenvalue weighted by Crippen LogP contribution is -2.34. The fraction of sp³-hybridized carbons (Fsp3) is 0.273. The van der Waals surface area contributed by atoms with Crippen LogP contribution < -0.4 is 20.7 Å². The van der Waals surface area contributed by atoms with Crippen molar-refractivity contribution in [2.45, 2.75) is 6.42 Å². The first-order chi connectivity index (χ1) is 15.6. The second-order valence-electron chi connectivity index (χ2n) is 7.15. The molecule has 9 nitrogen and oxygen atoms in total. The number of carbonyl (C=O) groups is 2. The lowest BCUT2D eigenvalue weighted by atomic mass is 10.1. The van der Waals surface area contributed by atoms with E-state index in [2.05, 4.69) is 25.9 Å². The summed E-state index contributed by atoms with van der Waals surface area (Å²) in [5, 5.41) is 9.25. The molecule has 32 heavy (non-hydrogen) atoms. The highest BCUT2D eigenvalue weighted by Crippen LogP contribution is 2.37. The number of amides is 3. The second-order valence-corrected chi connectivity index (χ2v) is 8.20.